The molecule has 0 spiro atoms. The Labute approximate surface area is 216 Å². The summed E-state index contributed by atoms with van der Waals surface area (Å²) in [5, 5.41) is 1.53. The molecule has 0 radical (unpaired) electrons. The van der Waals surface area contributed by atoms with Gasteiger partial charge >= 0.3 is 0 Å². The maximum Gasteiger partial charge on any atom is 0.192 e. The molecule has 0 amide bonds. The minimum Gasteiger partial charge on any atom is -0.416 e. The summed E-state index contributed by atoms with van der Waals surface area (Å²) in [7, 11) is -1.82. The molecule has 2 heterocycles. The predicted molar refractivity (Wildman–Crippen MR) is 153 cm³/mol. The van der Waals surface area contributed by atoms with E-state index in [4.69, 9.17) is 9.41 Å². The lowest BCUT2D eigenvalue weighted by molar-refractivity contribution is 0.165. The molecule has 0 atom stereocenters. The maximum absolute atomic E-state index is 6.72. The van der Waals surface area contributed by atoms with Crippen molar-refractivity contribution in [1.29, 1.82) is 0 Å². The average Bonchev–Trinajstić information content (AvgIpc) is 3.03. The molecule has 0 fully saturated rings. The zero-order chi connectivity index (χ0) is 25.5. The van der Waals surface area contributed by atoms with Gasteiger partial charge in [0, 0.05) is 40.3 Å². The molecule has 0 N–H and O–H groups in total. The van der Waals surface area contributed by atoms with Gasteiger partial charge in [-0.15, -0.1) is 0 Å². The third-order valence-corrected chi connectivity index (χ3v) is 12.3. The zero-order valence-electron chi connectivity index (χ0n) is 22.8. The fraction of sp³-hybridized carbons (Fsp3) is 0.552. The molecule has 0 aliphatic rings. The van der Waals surface area contributed by atoms with Crippen LogP contribution in [-0.4, -0.2) is 24.5 Å². The van der Waals surface area contributed by atoms with Crippen LogP contribution in [-0.2, 0) is 17.4 Å². The predicted octanol–water partition coefficient (Wildman–Crippen LogP) is 9.20. The number of aryl methyl sites for hydroxylation is 1. The van der Waals surface area contributed by atoms with Crippen LogP contribution < -0.4 is 0 Å². The van der Waals surface area contributed by atoms with E-state index in [1.54, 1.807) is 0 Å². The van der Waals surface area contributed by atoms with Crippen LogP contribution in [0.25, 0.3) is 22.2 Å². The van der Waals surface area contributed by atoms with Crippen LogP contribution in [0.4, 0.5) is 0 Å². The lowest BCUT2D eigenvalue weighted by Crippen LogP contribution is -2.43. The molecule has 3 rings (SSSR count). The van der Waals surface area contributed by atoms with Crippen molar-refractivity contribution in [1.82, 2.24) is 9.55 Å². The third kappa shape index (κ3) is 5.52. The van der Waals surface area contributed by atoms with E-state index >= 15 is 0 Å². The maximum atomic E-state index is 6.72. The molecule has 3 aromatic rings. The normalized spacial score (nSPS) is 13.3. The third-order valence-electron chi connectivity index (χ3n) is 7.37. The van der Waals surface area contributed by atoms with Gasteiger partial charge in [0.2, 0.25) is 0 Å². The molecule has 0 saturated heterocycles. The minimum atomic E-state index is -1.82. The van der Waals surface area contributed by atoms with Crippen LogP contribution in [0.5, 0.6) is 0 Å². The van der Waals surface area contributed by atoms with Gasteiger partial charge in [0.05, 0.1) is 11.4 Å². The van der Waals surface area contributed by atoms with Crippen molar-refractivity contribution in [2.45, 2.75) is 92.4 Å². The van der Waals surface area contributed by atoms with Crippen molar-refractivity contribution in [2.75, 3.05) is 6.61 Å². The first-order valence-corrected chi connectivity index (χ1v) is 16.3. The van der Waals surface area contributed by atoms with Crippen LogP contribution in [0.2, 0.25) is 18.1 Å². The monoisotopic (exact) mass is 542 g/mol. The van der Waals surface area contributed by atoms with Crippen LogP contribution in [0.1, 0.15) is 72.6 Å². The number of pyridine rings is 1. The summed E-state index contributed by atoms with van der Waals surface area (Å²) in [6.07, 6.45) is 2.87. The largest absolute Gasteiger partial charge is 0.416 e. The van der Waals surface area contributed by atoms with Gasteiger partial charge in [0.1, 0.15) is 0 Å². The number of halogens is 1. The van der Waals surface area contributed by atoms with Crippen molar-refractivity contribution >= 4 is 35.2 Å². The molecular formula is C29H43BrN2OSi. The highest BCUT2D eigenvalue weighted by Gasteiger charge is 2.39. The van der Waals surface area contributed by atoms with E-state index in [2.05, 4.69) is 119 Å². The molecule has 3 nitrogen and oxygen atoms in total. The summed E-state index contributed by atoms with van der Waals surface area (Å²) < 4.78 is 10.3. The Hall–Kier alpha value is -1.43. The van der Waals surface area contributed by atoms with Crippen LogP contribution in [0, 0.1) is 5.41 Å². The Morgan fingerprint density at radius 3 is 2.35 bits per heavy atom. The van der Waals surface area contributed by atoms with Crippen molar-refractivity contribution in [3.05, 3.63) is 52.3 Å². The van der Waals surface area contributed by atoms with Crippen molar-refractivity contribution in [2.24, 2.45) is 5.41 Å². The molecule has 34 heavy (non-hydrogen) atoms. The molecule has 0 aliphatic heterocycles. The summed E-state index contributed by atoms with van der Waals surface area (Å²) in [5.74, 6) is 0.356. The number of rotatable bonds is 8. The van der Waals surface area contributed by atoms with Crippen molar-refractivity contribution in [3.63, 3.8) is 0 Å². The highest BCUT2D eigenvalue weighted by atomic mass is 79.9. The summed E-state index contributed by atoms with van der Waals surface area (Å²) in [6.45, 7) is 24.7. The quantitative estimate of drug-likeness (QED) is 0.265. The topological polar surface area (TPSA) is 27.1 Å². The smallest absolute Gasteiger partial charge is 0.192 e. The summed E-state index contributed by atoms with van der Waals surface area (Å²) in [6, 6.07) is 11.0. The molecule has 0 saturated carbocycles. The number of nitrogens with zero attached hydrogens (tertiary/aromatic N) is 2. The van der Waals surface area contributed by atoms with Gasteiger partial charge in [-0.1, -0.05) is 64.4 Å². The highest BCUT2D eigenvalue weighted by molar-refractivity contribution is 9.10. The second-order valence-electron chi connectivity index (χ2n) is 12.2. The van der Waals surface area contributed by atoms with E-state index in [9.17, 15) is 0 Å². The van der Waals surface area contributed by atoms with Gasteiger partial charge < -0.3 is 8.99 Å². The Kier molecular flexibility index (Phi) is 7.91. The van der Waals surface area contributed by atoms with E-state index in [1.165, 1.54) is 27.7 Å². The Balaban J connectivity index is 2.17. The van der Waals surface area contributed by atoms with E-state index in [-0.39, 0.29) is 10.5 Å². The van der Waals surface area contributed by atoms with Gasteiger partial charge in [-0.3, -0.25) is 4.98 Å². The van der Waals surface area contributed by atoms with E-state index in [0.29, 0.717) is 5.92 Å². The lowest BCUT2D eigenvalue weighted by atomic mass is 9.84. The number of hydrogen-bond donors (Lipinski definition) is 0. The fourth-order valence-corrected chi connectivity index (χ4v) is 5.96. The van der Waals surface area contributed by atoms with Crippen LogP contribution in [0.3, 0.4) is 0 Å². The van der Waals surface area contributed by atoms with E-state index in [1.807, 2.05) is 6.20 Å². The Bertz CT molecular complexity index is 1150. The second-order valence-corrected chi connectivity index (χ2v) is 17.9. The summed E-state index contributed by atoms with van der Waals surface area (Å²) in [5.41, 5.74) is 6.41. The minimum absolute atomic E-state index is 0.000352. The standard InChI is InChI=1S/C29H43BrN2OSi/c1-11-32-25-15-14-21(30)17-23(25)24(27(32)22-13-12-16-31-26(22)20(2)3)18-29(7,8)19-33-34(9,10)28(4,5)6/h12-17,20H,11,18-19H2,1-10H3. The molecule has 2 aromatic heterocycles. The fourth-order valence-electron chi connectivity index (χ4n) is 4.41. The molecule has 0 unspecified atom stereocenters. The van der Waals surface area contributed by atoms with Gasteiger partial charge in [0.25, 0.3) is 0 Å². The summed E-state index contributed by atoms with van der Waals surface area (Å²) in [4.78, 5) is 4.81. The Morgan fingerprint density at radius 2 is 1.76 bits per heavy atom. The SMILES string of the molecule is CCn1c(-c2cccnc2C(C)C)c(CC(C)(C)CO[Si](C)(C)C(C)(C)C)c2cc(Br)ccc21. The number of hydrogen-bond acceptors (Lipinski definition) is 2. The van der Waals surface area contributed by atoms with Crippen LogP contribution >= 0.6 is 15.9 Å². The zero-order valence-corrected chi connectivity index (χ0v) is 25.4. The number of fused-ring (bicyclic) bond motifs is 1. The van der Waals surface area contributed by atoms with Gasteiger partial charge in [-0.25, -0.2) is 0 Å². The molecule has 0 aliphatic carbocycles. The molecule has 5 heteroatoms. The summed E-state index contributed by atoms with van der Waals surface area (Å²) >= 11 is 3.73. The number of aromatic nitrogens is 2. The van der Waals surface area contributed by atoms with E-state index in [0.717, 1.165) is 29.7 Å². The van der Waals surface area contributed by atoms with Crippen molar-refractivity contribution < 1.29 is 4.43 Å². The first kappa shape index (κ1) is 27.2. The second kappa shape index (κ2) is 9.91. The Morgan fingerprint density at radius 1 is 1.09 bits per heavy atom. The first-order valence-electron chi connectivity index (χ1n) is 12.6. The van der Waals surface area contributed by atoms with Crippen LogP contribution in [0.15, 0.2) is 41.0 Å². The highest BCUT2D eigenvalue weighted by Crippen LogP contribution is 2.42. The van der Waals surface area contributed by atoms with Gasteiger partial charge in [0.15, 0.2) is 8.32 Å². The molecule has 186 valence electrons. The van der Waals surface area contributed by atoms with E-state index < -0.39 is 8.32 Å². The molecule has 0 bridgehead atoms. The molecule has 1 aromatic carbocycles. The lowest BCUT2D eigenvalue weighted by Gasteiger charge is -2.39. The van der Waals surface area contributed by atoms with Gasteiger partial charge in [-0.05, 0) is 78.7 Å². The average molecular weight is 544 g/mol. The first-order chi connectivity index (χ1) is 15.7. The number of benzene rings is 1. The van der Waals surface area contributed by atoms with Gasteiger partial charge in [-0.2, -0.15) is 0 Å². The molecular weight excluding hydrogens is 500 g/mol. The van der Waals surface area contributed by atoms with Crippen molar-refractivity contribution in [3.8, 4) is 11.3 Å².